The van der Waals surface area contributed by atoms with E-state index in [4.69, 9.17) is 4.55 Å². The van der Waals surface area contributed by atoms with Crippen LogP contribution >= 0.6 is 0 Å². The summed E-state index contributed by atoms with van der Waals surface area (Å²) in [5.74, 6) is -0.269. The molecule has 0 bridgehead atoms. The largest absolute Gasteiger partial charge is 0.286 e. The predicted octanol–water partition coefficient (Wildman–Crippen LogP) is -0.160. The summed E-state index contributed by atoms with van der Waals surface area (Å²) >= 11 is 0. The molecule has 1 heterocycles. The smallest absolute Gasteiger partial charge is 0.265 e. The van der Waals surface area contributed by atoms with Crippen LogP contribution in [-0.2, 0) is 16.5 Å². The first-order valence-electron chi connectivity index (χ1n) is 3.01. The molecule has 1 aromatic heterocycles. The first-order chi connectivity index (χ1) is 5.08. The van der Waals surface area contributed by atoms with E-state index in [1.54, 1.807) is 6.07 Å². The summed E-state index contributed by atoms with van der Waals surface area (Å²) in [6, 6.07) is 1.66. The van der Waals surface area contributed by atoms with E-state index in [9.17, 15) is 8.42 Å². The first kappa shape index (κ1) is 8.22. The van der Waals surface area contributed by atoms with Gasteiger partial charge in [0.25, 0.3) is 10.1 Å². The third-order valence-electron chi connectivity index (χ3n) is 1.19. The van der Waals surface area contributed by atoms with Crippen LogP contribution in [0.3, 0.4) is 0 Å². The van der Waals surface area contributed by atoms with Gasteiger partial charge in [0.05, 0.1) is 5.75 Å². The average molecular weight is 176 g/mol. The molecule has 0 aliphatic rings. The highest BCUT2D eigenvalue weighted by Crippen LogP contribution is 1.95. The molecule has 0 atom stereocenters. The van der Waals surface area contributed by atoms with Crippen molar-refractivity contribution in [1.82, 2.24) is 10.2 Å². The van der Waals surface area contributed by atoms with Gasteiger partial charge in [0.15, 0.2) is 0 Å². The second kappa shape index (κ2) is 3.02. The summed E-state index contributed by atoms with van der Waals surface area (Å²) in [4.78, 5) is 0. The number of nitrogens with zero attached hydrogens (tertiary/aromatic N) is 1. The van der Waals surface area contributed by atoms with E-state index in [2.05, 4.69) is 10.2 Å². The Kier molecular flexibility index (Phi) is 2.25. The van der Waals surface area contributed by atoms with Crippen LogP contribution in [0, 0.1) is 0 Å². The van der Waals surface area contributed by atoms with E-state index in [0.717, 1.165) is 0 Å². The van der Waals surface area contributed by atoms with Crippen molar-refractivity contribution in [2.24, 2.45) is 0 Å². The van der Waals surface area contributed by atoms with Gasteiger partial charge in [0.2, 0.25) is 0 Å². The molecule has 0 aromatic carbocycles. The van der Waals surface area contributed by atoms with Crippen molar-refractivity contribution in [2.75, 3.05) is 5.75 Å². The molecule has 6 heteroatoms. The summed E-state index contributed by atoms with van der Waals surface area (Å²) in [5.41, 5.74) is 0.697. The fourth-order valence-corrected chi connectivity index (χ4v) is 1.14. The third-order valence-corrected chi connectivity index (χ3v) is 1.91. The molecule has 5 nitrogen and oxygen atoms in total. The van der Waals surface area contributed by atoms with Gasteiger partial charge in [-0.1, -0.05) is 0 Å². The Bertz CT molecular complexity index is 302. The summed E-state index contributed by atoms with van der Waals surface area (Å²) in [6.45, 7) is 0. The van der Waals surface area contributed by atoms with Crippen molar-refractivity contribution >= 4 is 10.1 Å². The van der Waals surface area contributed by atoms with Gasteiger partial charge in [-0.25, -0.2) is 0 Å². The van der Waals surface area contributed by atoms with E-state index in [1.165, 1.54) is 6.20 Å². The fraction of sp³-hybridized carbons (Fsp3) is 0.400. The minimum absolute atomic E-state index is 0.263. The normalized spacial score (nSPS) is 11.7. The van der Waals surface area contributed by atoms with Gasteiger partial charge in [-0.05, 0) is 6.07 Å². The van der Waals surface area contributed by atoms with E-state index in [1.807, 2.05) is 0 Å². The van der Waals surface area contributed by atoms with E-state index < -0.39 is 10.1 Å². The molecule has 1 rings (SSSR count). The van der Waals surface area contributed by atoms with Crippen LogP contribution in [0.5, 0.6) is 0 Å². The van der Waals surface area contributed by atoms with Crippen LogP contribution in [-0.4, -0.2) is 28.9 Å². The van der Waals surface area contributed by atoms with Crippen LogP contribution < -0.4 is 0 Å². The Morgan fingerprint density at radius 2 is 2.36 bits per heavy atom. The van der Waals surface area contributed by atoms with Crippen LogP contribution in [0.4, 0.5) is 0 Å². The second-order valence-electron chi connectivity index (χ2n) is 2.12. The topological polar surface area (TPSA) is 83.1 Å². The lowest BCUT2D eigenvalue weighted by Gasteiger charge is -1.92. The number of aryl methyl sites for hydroxylation is 1. The molecule has 0 fully saturated rings. The number of aromatic nitrogens is 2. The van der Waals surface area contributed by atoms with Gasteiger partial charge in [-0.15, -0.1) is 0 Å². The first-order valence-corrected chi connectivity index (χ1v) is 4.62. The molecule has 2 N–H and O–H groups in total. The van der Waals surface area contributed by atoms with E-state index >= 15 is 0 Å². The van der Waals surface area contributed by atoms with Crippen LogP contribution in [0.25, 0.3) is 0 Å². The molecule has 0 radical (unpaired) electrons. The van der Waals surface area contributed by atoms with Gasteiger partial charge < -0.3 is 0 Å². The van der Waals surface area contributed by atoms with Crippen molar-refractivity contribution in [2.45, 2.75) is 6.42 Å². The Balaban J connectivity index is 2.48. The number of H-pyrrole nitrogens is 1. The summed E-state index contributed by atoms with van der Waals surface area (Å²) in [5, 5.41) is 6.21. The number of rotatable bonds is 3. The molecule has 1 aromatic rings. The van der Waals surface area contributed by atoms with Crippen molar-refractivity contribution in [3.63, 3.8) is 0 Å². The molecule has 0 spiro atoms. The Morgan fingerprint density at radius 3 is 2.82 bits per heavy atom. The number of aromatic amines is 1. The second-order valence-corrected chi connectivity index (χ2v) is 3.69. The highest BCUT2D eigenvalue weighted by molar-refractivity contribution is 7.85. The molecule has 0 unspecified atom stereocenters. The summed E-state index contributed by atoms with van der Waals surface area (Å²) in [6.07, 6.45) is 1.79. The predicted molar refractivity (Wildman–Crippen MR) is 38.7 cm³/mol. The Morgan fingerprint density at radius 1 is 1.64 bits per heavy atom. The Labute approximate surface area is 64.2 Å². The van der Waals surface area contributed by atoms with Crippen molar-refractivity contribution in [3.8, 4) is 0 Å². The highest BCUT2D eigenvalue weighted by Gasteiger charge is 2.04. The zero-order valence-corrected chi connectivity index (χ0v) is 6.50. The fourth-order valence-electron chi connectivity index (χ4n) is 0.663. The molecule has 62 valence electrons. The molecule has 11 heavy (non-hydrogen) atoms. The zero-order chi connectivity index (χ0) is 8.32. The molecular formula is C5H8N2O3S. The van der Waals surface area contributed by atoms with Crippen LogP contribution in [0.2, 0.25) is 0 Å². The number of hydrogen-bond donors (Lipinski definition) is 2. The van der Waals surface area contributed by atoms with Crippen molar-refractivity contribution in [3.05, 3.63) is 18.0 Å². The number of hydrogen-bond acceptors (Lipinski definition) is 3. The van der Waals surface area contributed by atoms with Crippen molar-refractivity contribution in [1.29, 1.82) is 0 Å². The lowest BCUT2D eigenvalue weighted by molar-refractivity contribution is 0.482. The minimum atomic E-state index is -3.85. The maximum atomic E-state index is 10.2. The highest BCUT2D eigenvalue weighted by atomic mass is 32.2. The molecule has 0 aliphatic heterocycles. The average Bonchev–Trinajstić information content (AvgIpc) is 2.32. The quantitative estimate of drug-likeness (QED) is 0.627. The van der Waals surface area contributed by atoms with Gasteiger partial charge >= 0.3 is 0 Å². The van der Waals surface area contributed by atoms with E-state index in [-0.39, 0.29) is 12.2 Å². The maximum absolute atomic E-state index is 10.2. The maximum Gasteiger partial charge on any atom is 0.265 e. The van der Waals surface area contributed by atoms with Gasteiger partial charge in [0.1, 0.15) is 0 Å². The minimum Gasteiger partial charge on any atom is -0.286 e. The zero-order valence-electron chi connectivity index (χ0n) is 5.69. The Hall–Kier alpha value is -0.880. The molecule has 0 aliphatic carbocycles. The molecule has 0 saturated carbocycles. The lowest BCUT2D eigenvalue weighted by Crippen LogP contribution is -2.06. The SMILES string of the molecule is O=S(=O)(O)CCc1ccn[nH]1. The lowest BCUT2D eigenvalue weighted by atomic mass is 10.3. The third kappa shape index (κ3) is 3.15. The van der Waals surface area contributed by atoms with Gasteiger partial charge in [0, 0.05) is 18.3 Å². The summed E-state index contributed by atoms with van der Waals surface area (Å²) < 4.78 is 28.8. The van der Waals surface area contributed by atoms with E-state index in [0.29, 0.717) is 5.69 Å². The van der Waals surface area contributed by atoms with Crippen molar-refractivity contribution < 1.29 is 13.0 Å². The molecule has 0 saturated heterocycles. The standard InChI is InChI=1S/C5H8N2O3S/c8-11(9,10)4-2-5-1-3-6-7-5/h1,3H,2,4H2,(H,6,7)(H,8,9,10). The molecule has 0 amide bonds. The van der Waals surface area contributed by atoms with Gasteiger partial charge in [-0.3, -0.25) is 9.65 Å². The van der Waals surface area contributed by atoms with Crippen LogP contribution in [0.15, 0.2) is 12.3 Å². The number of nitrogens with one attached hydrogen (secondary N) is 1. The summed E-state index contributed by atoms with van der Waals surface area (Å²) in [7, 11) is -3.85. The van der Waals surface area contributed by atoms with Crippen LogP contribution in [0.1, 0.15) is 5.69 Å². The molecular weight excluding hydrogens is 168 g/mol. The van der Waals surface area contributed by atoms with Gasteiger partial charge in [-0.2, -0.15) is 13.5 Å². The monoisotopic (exact) mass is 176 g/mol.